The third-order valence-electron chi connectivity index (χ3n) is 5.05. The molecule has 1 aromatic carbocycles. The van der Waals surface area contributed by atoms with Crippen molar-refractivity contribution in [2.45, 2.75) is 50.3 Å². The van der Waals surface area contributed by atoms with Crippen LogP contribution in [0, 0.1) is 11.8 Å². The van der Waals surface area contributed by atoms with Gasteiger partial charge in [0.15, 0.2) is 5.78 Å². The van der Waals surface area contributed by atoms with Gasteiger partial charge in [-0.3, -0.25) is 4.79 Å². The minimum Gasteiger partial charge on any atom is -0.293 e. The highest BCUT2D eigenvalue weighted by atomic mass is 35.5. The first kappa shape index (κ1) is 14.8. The summed E-state index contributed by atoms with van der Waals surface area (Å²) in [7, 11) is 0. The van der Waals surface area contributed by atoms with Gasteiger partial charge >= 0.3 is 0 Å². The van der Waals surface area contributed by atoms with Crippen LogP contribution in [-0.2, 0) is 4.79 Å². The van der Waals surface area contributed by atoms with Gasteiger partial charge in [0.1, 0.15) is 0 Å². The lowest BCUT2D eigenvalue weighted by Crippen LogP contribution is -2.32. The Balaban J connectivity index is 1.78. The molecule has 0 bridgehead atoms. The van der Waals surface area contributed by atoms with Crippen LogP contribution in [0.2, 0.25) is 0 Å². The molecular weight excluding hydrogens is 280 g/mol. The third-order valence-corrected chi connectivity index (χ3v) is 5.43. The molecule has 2 aliphatic carbocycles. The standard InChI is InChI=1S/C19H23ClO/c20-18-13-16(15-9-5-2-6-10-15)12-17(19(18)21)11-14-7-3-1-4-8-14/h1,3-4,7-8,11,15-16,18H,2,5-6,9-10,12-13H2. The molecule has 2 aliphatic rings. The number of Topliss-reactive ketones (excluding diaryl/α,β-unsaturated/α-hetero) is 1. The van der Waals surface area contributed by atoms with E-state index in [9.17, 15) is 4.79 Å². The number of alkyl halides is 1. The van der Waals surface area contributed by atoms with Gasteiger partial charge in [-0.1, -0.05) is 62.4 Å². The highest BCUT2D eigenvalue weighted by molar-refractivity contribution is 6.34. The second-order valence-corrected chi connectivity index (χ2v) is 7.04. The zero-order valence-electron chi connectivity index (χ0n) is 12.4. The normalized spacial score (nSPS) is 29.8. The van der Waals surface area contributed by atoms with Crippen LogP contribution in [0.25, 0.3) is 6.08 Å². The molecule has 0 amide bonds. The van der Waals surface area contributed by atoms with Crippen LogP contribution >= 0.6 is 11.6 Å². The quantitative estimate of drug-likeness (QED) is 0.539. The fourth-order valence-corrected chi connectivity index (χ4v) is 4.25. The maximum absolute atomic E-state index is 12.4. The summed E-state index contributed by atoms with van der Waals surface area (Å²) in [6.45, 7) is 0. The molecule has 0 saturated heterocycles. The molecule has 2 fully saturated rings. The van der Waals surface area contributed by atoms with Crippen LogP contribution in [0.5, 0.6) is 0 Å². The molecule has 2 saturated carbocycles. The van der Waals surface area contributed by atoms with E-state index in [2.05, 4.69) is 0 Å². The van der Waals surface area contributed by atoms with Crippen molar-refractivity contribution in [3.8, 4) is 0 Å². The van der Waals surface area contributed by atoms with E-state index in [0.29, 0.717) is 5.92 Å². The van der Waals surface area contributed by atoms with Crippen molar-refractivity contribution in [3.05, 3.63) is 41.5 Å². The lowest BCUT2D eigenvalue weighted by molar-refractivity contribution is -0.116. The van der Waals surface area contributed by atoms with Crippen LogP contribution < -0.4 is 0 Å². The predicted octanol–water partition coefficient (Wildman–Crippen LogP) is 5.24. The van der Waals surface area contributed by atoms with E-state index >= 15 is 0 Å². The van der Waals surface area contributed by atoms with Crippen molar-refractivity contribution in [3.63, 3.8) is 0 Å². The maximum Gasteiger partial charge on any atom is 0.176 e. The SMILES string of the molecule is O=C1C(=Cc2ccccc2)CC(C2CCCCC2)CC1Cl. The monoisotopic (exact) mass is 302 g/mol. The Kier molecular flexibility index (Phi) is 4.80. The summed E-state index contributed by atoms with van der Waals surface area (Å²) < 4.78 is 0. The number of hydrogen-bond acceptors (Lipinski definition) is 1. The summed E-state index contributed by atoms with van der Waals surface area (Å²) in [6, 6.07) is 10.1. The Labute approximate surface area is 132 Å². The number of halogens is 1. The summed E-state index contributed by atoms with van der Waals surface area (Å²) in [5.41, 5.74) is 2.04. The number of hydrogen-bond donors (Lipinski definition) is 0. The van der Waals surface area contributed by atoms with Gasteiger partial charge in [-0.15, -0.1) is 11.6 Å². The van der Waals surface area contributed by atoms with Crippen molar-refractivity contribution in [1.82, 2.24) is 0 Å². The van der Waals surface area contributed by atoms with E-state index in [1.54, 1.807) is 0 Å². The Bertz CT molecular complexity index is 514. The molecule has 1 aromatic rings. The van der Waals surface area contributed by atoms with Crippen LogP contribution in [0.1, 0.15) is 50.5 Å². The summed E-state index contributed by atoms with van der Waals surface area (Å²) in [5, 5.41) is -0.319. The van der Waals surface area contributed by atoms with Crippen molar-refractivity contribution >= 4 is 23.5 Å². The Hall–Kier alpha value is -1.08. The van der Waals surface area contributed by atoms with Gasteiger partial charge in [0.05, 0.1) is 5.38 Å². The van der Waals surface area contributed by atoms with Crippen LogP contribution in [0.4, 0.5) is 0 Å². The fourth-order valence-electron chi connectivity index (χ4n) is 3.89. The van der Waals surface area contributed by atoms with E-state index in [4.69, 9.17) is 11.6 Å². The van der Waals surface area contributed by atoms with Gasteiger partial charge in [-0.2, -0.15) is 0 Å². The molecule has 3 rings (SSSR count). The molecule has 2 atom stereocenters. The molecule has 2 heteroatoms. The summed E-state index contributed by atoms with van der Waals surface area (Å²) in [5.74, 6) is 1.51. The van der Waals surface area contributed by atoms with Crippen LogP contribution in [0.15, 0.2) is 35.9 Å². The number of carbonyl (C=O) groups is 1. The first-order valence-electron chi connectivity index (χ1n) is 8.18. The zero-order chi connectivity index (χ0) is 14.7. The van der Waals surface area contributed by atoms with E-state index in [0.717, 1.165) is 29.9 Å². The average molecular weight is 303 g/mol. The molecule has 0 N–H and O–H groups in total. The first-order valence-corrected chi connectivity index (χ1v) is 8.61. The van der Waals surface area contributed by atoms with Gasteiger partial charge in [0.25, 0.3) is 0 Å². The average Bonchev–Trinajstić information content (AvgIpc) is 2.53. The minimum atomic E-state index is -0.319. The van der Waals surface area contributed by atoms with Crippen LogP contribution in [0.3, 0.4) is 0 Å². The second kappa shape index (κ2) is 6.79. The van der Waals surface area contributed by atoms with Crippen molar-refractivity contribution in [1.29, 1.82) is 0 Å². The van der Waals surface area contributed by atoms with Gasteiger partial charge in [0, 0.05) is 0 Å². The number of benzene rings is 1. The molecule has 112 valence electrons. The fraction of sp³-hybridized carbons (Fsp3) is 0.526. The van der Waals surface area contributed by atoms with Crippen molar-refractivity contribution < 1.29 is 4.79 Å². The zero-order valence-corrected chi connectivity index (χ0v) is 13.2. The van der Waals surface area contributed by atoms with Crippen LogP contribution in [-0.4, -0.2) is 11.2 Å². The summed E-state index contributed by atoms with van der Waals surface area (Å²) in [4.78, 5) is 12.4. The predicted molar refractivity (Wildman–Crippen MR) is 88.4 cm³/mol. The Morgan fingerprint density at radius 3 is 2.43 bits per heavy atom. The lowest BCUT2D eigenvalue weighted by Gasteiger charge is -2.35. The molecule has 0 heterocycles. The third kappa shape index (κ3) is 3.58. The number of ketones is 1. The van der Waals surface area contributed by atoms with Gasteiger partial charge in [-0.25, -0.2) is 0 Å². The highest BCUT2D eigenvalue weighted by Gasteiger charge is 2.35. The number of rotatable bonds is 2. The molecule has 0 radical (unpaired) electrons. The van der Waals surface area contributed by atoms with E-state index in [1.165, 1.54) is 32.1 Å². The van der Waals surface area contributed by atoms with Crippen molar-refractivity contribution in [2.75, 3.05) is 0 Å². The first-order chi connectivity index (χ1) is 10.2. The van der Waals surface area contributed by atoms with E-state index < -0.39 is 0 Å². The van der Waals surface area contributed by atoms with Gasteiger partial charge < -0.3 is 0 Å². The molecule has 21 heavy (non-hydrogen) atoms. The highest BCUT2D eigenvalue weighted by Crippen LogP contribution is 2.40. The largest absolute Gasteiger partial charge is 0.293 e. The molecule has 0 spiro atoms. The maximum atomic E-state index is 12.4. The number of allylic oxidation sites excluding steroid dienone is 1. The van der Waals surface area contributed by atoms with Gasteiger partial charge in [0.2, 0.25) is 0 Å². The lowest BCUT2D eigenvalue weighted by atomic mass is 9.71. The molecule has 2 unspecified atom stereocenters. The van der Waals surface area contributed by atoms with Crippen molar-refractivity contribution in [2.24, 2.45) is 11.8 Å². The Morgan fingerprint density at radius 1 is 1.00 bits per heavy atom. The Morgan fingerprint density at radius 2 is 1.71 bits per heavy atom. The minimum absolute atomic E-state index is 0.146. The van der Waals surface area contributed by atoms with E-state index in [1.807, 2.05) is 36.4 Å². The molecule has 0 aliphatic heterocycles. The topological polar surface area (TPSA) is 17.1 Å². The second-order valence-electron chi connectivity index (χ2n) is 6.51. The molecule has 0 aromatic heterocycles. The van der Waals surface area contributed by atoms with E-state index in [-0.39, 0.29) is 11.2 Å². The molecule has 1 nitrogen and oxygen atoms in total. The smallest absolute Gasteiger partial charge is 0.176 e. The number of carbonyl (C=O) groups excluding carboxylic acids is 1. The van der Waals surface area contributed by atoms with Gasteiger partial charge in [-0.05, 0) is 41.9 Å². The summed E-state index contributed by atoms with van der Waals surface area (Å²) >= 11 is 6.35. The summed E-state index contributed by atoms with van der Waals surface area (Å²) in [6.07, 6.45) is 10.5. The molecular formula is C19H23ClO.